The van der Waals surface area contributed by atoms with Crippen molar-refractivity contribution in [2.24, 2.45) is 11.8 Å². The van der Waals surface area contributed by atoms with Crippen molar-refractivity contribution in [3.63, 3.8) is 0 Å². The lowest BCUT2D eigenvalue weighted by molar-refractivity contribution is -0.131. The van der Waals surface area contributed by atoms with E-state index in [2.05, 4.69) is 0 Å². The van der Waals surface area contributed by atoms with Crippen LogP contribution in [0.3, 0.4) is 0 Å². The molecule has 160 valence electrons. The lowest BCUT2D eigenvalue weighted by Gasteiger charge is -2.21. The molecule has 2 aliphatic rings. The molecule has 0 radical (unpaired) electrons. The third-order valence-electron chi connectivity index (χ3n) is 6.46. The normalized spacial score (nSPS) is 18.5. The standard InChI is InChI=1S/C25H25FN2O3/c1-27(24(29)12-16-8-10-28(15-16)25(30)17-2-3-17)22-6-4-19(14-21(22)26)18-5-7-23-20(13-18)9-11-31-23/h4-7,9,11,13-14,16-17H,2-3,8,10,12,15H2,1H3. The number of furan rings is 1. The highest BCUT2D eigenvalue weighted by Gasteiger charge is 2.37. The first kappa shape index (κ1) is 19.8. The van der Waals surface area contributed by atoms with Gasteiger partial charge in [0.1, 0.15) is 11.4 Å². The Hall–Kier alpha value is -3.15. The monoisotopic (exact) mass is 420 g/mol. The molecule has 2 aromatic carbocycles. The van der Waals surface area contributed by atoms with Crippen molar-refractivity contribution in [2.75, 3.05) is 25.0 Å². The van der Waals surface area contributed by atoms with E-state index < -0.39 is 5.82 Å². The average Bonchev–Trinajstić information content (AvgIpc) is 3.33. The maximum atomic E-state index is 14.9. The first-order valence-corrected chi connectivity index (χ1v) is 10.8. The molecular weight excluding hydrogens is 395 g/mol. The molecule has 1 saturated heterocycles. The zero-order valence-corrected chi connectivity index (χ0v) is 17.5. The minimum absolute atomic E-state index is 0.128. The van der Waals surface area contributed by atoms with Crippen LogP contribution in [0.5, 0.6) is 0 Å². The summed E-state index contributed by atoms with van der Waals surface area (Å²) in [6.45, 7) is 1.36. The predicted octanol–water partition coefficient (Wildman–Crippen LogP) is 4.85. The van der Waals surface area contributed by atoms with Gasteiger partial charge in [-0.2, -0.15) is 0 Å². The van der Waals surface area contributed by atoms with E-state index in [1.54, 1.807) is 19.4 Å². The van der Waals surface area contributed by atoms with Crippen molar-refractivity contribution in [1.82, 2.24) is 4.90 Å². The van der Waals surface area contributed by atoms with E-state index in [9.17, 15) is 14.0 Å². The average molecular weight is 420 g/mol. The van der Waals surface area contributed by atoms with Crippen LogP contribution >= 0.6 is 0 Å². The number of hydrogen-bond donors (Lipinski definition) is 0. The van der Waals surface area contributed by atoms with Crippen molar-refractivity contribution in [3.05, 3.63) is 54.5 Å². The number of hydrogen-bond acceptors (Lipinski definition) is 3. The summed E-state index contributed by atoms with van der Waals surface area (Å²) >= 11 is 0. The molecule has 1 atom stereocenters. The summed E-state index contributed by atoms with van der Waals surface area (Å²) in [6, 6.07) is 12.5. The number of anilines is 1. The van der Waals surface area contributed by atoms with Crippen molar-refractivity contribution in [1.29, 1.82) is 0 Å². The second kappa shape index (κ2) is 7.84. The Bertz CT molecular complexity index is 1150. The Morgan fingerprint density at radius 2 is 1.87 bits per heavy atom. The molecule has 2 heterocycles. The lowest BCUT2D eigenvalue weighted by atomic mass is 10.0. The van der Waals surface area contributed by atoms with Gasteiger partial charge in [0.2, 0.25) is 11.8 Å². The van der Waals surface area contributed by atoms with Crippen LogP contribution in [0.25, 0.3) is 22.1 Å². The van der Waals surface area contributed by atoms with Gasteiger partial charge in [0, 0.05) is 37.9 Å². The topological polar surface area (TPSA) is 53.8 Å². The molecule has 5 nitrogen and oxygen atoms in total. The van der Waals surface area contributed by atoms with E-state index in [1.165, 1.54) is 11.0 Å². The Kier molecular flexibility index (Phi) is 5.00. The summed E-state index contributed by atoms with van der Waals surface area (Å²) < 4.78 is 20.3. The number of amides is 2. The summed E-state index contributed by atoms with van der Waals surface area (Å²) in [4.78, 5) is 28.3. The van der Waals surface area contributed by atoms with Gasteiger partial charge in [-0.05, 0) is 66.6 Å². The quantitative estimate of drug-likeness (QED) is 0.593. The molecule has 3 aromatic rings. The summed E-state index contributed by atoms with van der Waals surface area (Å²) in [6.07, 6.45) is 4.77. The summed E-state index contributed by atoms with van der Waals surface area (Å²) in [7, 11) is 1.61. The molecule has 0 N–H and O–H groups in total. The molecular formula is C25H25FN2O3. The fourth-order valence-corrected chi connectivity index (χ4v) is 4.41. The van der Waals surface area contributed by atoms with Crippen molar-refractivity contribution in [2.45, 2.75) is 25.7 Å². The fourth-order valence-electron chi connectivity index (χ4n) is 4.41. The molecule has 1 aliphatic heterocycles. The van der Waals surface area contributed by atoms with Gasteiger partial charge in [0.05, 0.1) is 12.0 Å². The number of benzene rings is 2. The second-order valence-electron chi connectivity index (χ2n) is 8.71. The molecule has 1 saturated carbocycles. The van der Waals surface area contributed by atoms with Crippen LogP contribution in [-0.4, -0.2) is 36.9 Å². The first-order chi connectivity index (χ1) is 15.0. The third-order valence-corrected chi connectivity index (χ3v) is 6.46. The smallest absolute Gasteiger partial charge is 0.227 e. The van der Waals surface area contributed by atoms with Crippen molar-refractivity contribution >= 4 is 28.5 Å². The molecule has 2 fully saturated rings. The van der Waals surface area contributed by atoms with Crippen molar-refractivity contribution in [3.8, 4) is 11.1 Å². The second-order valence-corrected chi connectivity index (χ2v) is 8.71. The van der Waals surface area contributed by atoms with Gasteiger partial charge in [-0.1, -0.05) is 12.1 Å². The largest absolute Gasteiger partial charge is 0.464 e. The third kappa shape index (κ3) is 3.94. The molecule has 0 spiro atoms. The van der Waals surface area contributed by atoms with Gasteiger partial charge in [-0.15, -0.1) is 0 Å². The van der Waals surface area contributed by atoms with Gasteiger partial charge in [-0.3, -0.25) is 9.59 Å². The van der Waals surface area contributed by atoms with Crippen LogP contribution in [0, 0.1) is 17.7 Å². The fraction of sp³-hybridized carbons (Fsp3) is 0.360. The zero-order chi connectivity index (χ0) is 21.5. The van der Waals surface area contributed by atoms with Gasteiger partial charge < -0.3 is 14.2 Å². The van der Waals surface area contributed by atoms with Gasteiger partial charge >= 0.3 is 0 Å². The van der Waals surface area contributed by atoms with Crippen LogP contribution < -0.4 is 4.90 Å². The van der Waals surface area contributed by atoms with Gasteiger partial charge in [0.25, 0.3) is 0 Å². The molecule has 2 amide bonds. The molecule has 31 heavy (non-hydrogen) atoms. The lowest BCUT2D eigenvalue weighted by Crippen LogP contribution is -2.32. The molecule has 1 aliphatic carbocycles. The Labute approximate surface area is 180 Å². The highest BCUT2D eigenvalue weighted by atomic mass is 19.1. The number of carbonyl (C=O) groups excluding carboxylic acids is 2. The number of nitrogens with zero attached hydrogens (tertiary/aromatic N) is 2. The minimum Gasteiger partial charge on any atom is -0.464 e. The van der Waals surface area contributed by atoms with E-state index in [0.717, 1.165) is 47.9 Å². The predicted molar refractivity (Wildman–Crippen MR) is 117 cm³/mol. The van der Waals surface area contributed by atoms with Crippen molar-refractivity contribution < 1.29 is 18.4 Å². The SMILES string of the molecule is CN(C(=O)CC1CCN(C(=O)C2CC2)C1)c1ccc(-c2ccc3occc3c2)cc1F. The minimum atomic E-state index is -0.433. The van der Waals surface area contributed by atoms with E-state index >= 15 is 0 Å². The van der Waals surface area contributed by atoms with E-state index in [1.807, 2.05) is 35.2 Å². The maximum absolute atomic E-state index is 14.9. The first-order valence-electron chi connectivity index (χ1n) is 10.8. The number of rotatable bonds is 5. The number of likely N-dealkylation sites (tertiary alicyclic amines) is 1. The highest BCUT2D eigenvalue weighted by Crippen LogP contribution is 2.34. The van der Waals surface area contributed by atoms with E-state index in [-0.39, 0.29) is 29.3 Å². The zero-order valence-electron chi connectivity index (χ0n) is 17.5. The van der Waals surface area contributed by atoms with Crippen LogP contribution in [0.15, 0.2) is 53.1 Å². The summed E-state index contributed by atoms with van der Waals surface area (Å²) in [5.41, 5.74) is 2.69. The number of fused-ring (bicyclic) bond motifs is 1. The van der Waals surface area contributed by atoms with Crippen LogP contribution in [-0.2, 0) is 9.59 Å². The number of halogens is 1. The molecule has 0 bridgehead atoms. The molecule has 1 aromatic heterocycles. The van der Waals surface area contributed by atoms with Crippen LogP contribution in [0.2, 0.25) is 0 Å². The Morgan fingerprint density at radius 3 is 2.65 bits per heavy atom. The van der Waals surface area contributed by atoms with Crippen LogP contribution in [0.1, 0.15) is 25.7 Å². The van der Waals surface area contributed by atoms with E-state index in [4.69, 9.17) is 4.42 Å². The summed E-state index contributed by atoms with van der Waals surface area (Å²) in [5, 5.41) is 0.958. The molecule has 6 heteroatoms. The van der Waals surface area contributed by atoms with Gasteiger partial charge in [0.15, 0.2) is 0 Å². The molecule has 5 rings (SSSR count). The Morgan fingerprint density at radius 1 is 1.10 bits per heavy atom. The maximum Gasteiger partial charge on any atom is 0.227 e. The van der Waals surface area contributed by atoms with Crippen LogP contribution in [0.4, 0.5) is 10.1 Å². The van der Waals surface area contributed by atoms with Gasteiger partial charge in [-0.25, -0.2) is 4.39 Å². The van der Waals surface area contributed by atoms with E-state index in [0.29, 0.717) is 13.0 Å². The Balaban J connectivity index is 1.26. The molecule has 1 unspecified atom stereocenters. The summed E-state index contributed by atoms with van der Waals surface area (Å²) in [5.74, 6) is 0.0222. The number of carbonyl (C=O) groups is 2. The highest BCUT2D eigenvalue weighted by molar-refractivity contribution is 5.93.